The summed E-state index contributed by atoms with van der Waals surface area (Å²) in [5.74, 6) is -8.08. The van der Waals surface area contributed by atoms with E-state index < -0.39 is 284 Å². The van der Waals surface area contributed by atoms with Gasteiger partial charge in [-0.1, -0.05) is 25.7 Å². The van der Waals surface area contributed by atoms with Crippen LogP contribution in [0.1, 0.15) is 80.1 Å². The number of aliphatic hydroxyl groups excluding tert-OH is 10. The Kier molecular flexibility index (Phi) is 35.2. The molecule has 18 unspecified atom stereocenters. The number of hydrogen-bond acceptors (Lipinski definition) is 39. The summed E-state index contributed by atoms with van der Waals surface area (Å²) in [7, 11) is 1.18. The number of amides is 3. The lowest BCUT2D eigenvalue weighted by atomic mass is 9.97. The zero-order chi connectivity index (χ0) is 78.7. The molecule has 6 fully saturated rings. The SMILES string of the molecule is C=C(C)C(=O)OCC(O)COC(=O)C1OC(OO[C@H]2C[C@H](NC(C)=O)[C@H](O[C@@H]3CC(O)C(C)OC3C(=O)OCC(O)COC(=O)C(C)CSC3=CC=C(S)CC3)OC2CO)C(O)C(O)[C@H]1O[C@@H]1OC(CO)[C@@H](OOC2OC(C(=O)O)[C@H](O[C@@H]3OC(CO)[C@@H](OOC)C[C@@H]3NC(C)=O)C(O)C2O)CC1NC(C)=O. The number of allylic oxidation sites excluding steroid dienone is 4. The molecule has 41 nitrogen and oxygen atoms in total. The molecule has 0 spiro atoms. The first-order valence-corrected chi connectivity index (χ1v) is 35.6. The molecule has 43 heteroatoms. The highest BCUT2D eigenvalue weighted by Gasteiger charge is 2.57. The standard InChI is InChI=1S/C64H97N3O38S2/c1-25(2)56(83)88-20-31(74)23-91-59(86)54-52(98-62-37(67-30(7)73)15-41(45(19-70)96-62)102-104-63-48(79)46(77)51(53(99-63)55(81)82)97-61-36(66-29(6)72)13-39(101-87-8)43(17-68)95-61)47(78)49(80)64(100-54)105-103-40-14-35(65-28(5)71)60(94-44(40)18-69)93-42-16-38(76)27(4)92-50(42)58(85)90-22-32(75)21-89-57(84)26(3)24-107-34-11-9-33(106)10-12-34/h9,11,26-27,31-32,35-54,60-64,68-70,74-80,106H,1,10,12-24H2,2-8H3,(H,65,71)(H,66,72)(H,67,73)(H,81,82)/t26?,27?,31?,32?,35-,36-,37?,38?,39-,40-,41-,42+,43?,44?,45?,46?,47?,48?,49?,50?,51+,52+,53?,54?,60+,61-,62-,63?,64?/m0/s1. The highest BCUT2D eigenvalue weighted by Crippen LogP contribution is 2.37. The quantitative estimate of drug-likeness (QED) is 0.00694. The van der Waals surface area contributed by atoms with E-state index in [0.717, 1.165) is 43.4 Å². The molecule has 1 aliphatic carbocycles. The van der Waals surface area contributed by atoms with Crippen LogP contribution in [0, 0.1) is 5.92 Å². The van der Waals surface area contributed by atoms with Crippen molar-refractivity contribution in [3.8, 4) is 0 Å². The van der Waals surface area contributed by atoms with E-state index in [1.807, 2.05) is 12.2 Å². The third-order valence-corrected chi connectivity index (χ3v) is 19.3. The van der Waals surface area contributed by atoms with Crippen molar-refractivity contribution in [2.75, 3.05) is 59.1 Å². The van der Waals surface area contributed by atoms with Crippen molar-refractivity contribution >= 4 is 72.0 Å². The van der Waals surface area contributed by atoms with Crippen molar-refractivity contribution in [3.63, 3.8) is 0 Å². The minimum absolute atomic E-state index is 0.0447. The van der Waals surface area contributed by atoms with E-state index in [9.17, 15) is 94.5 Å². The lowest BCUT2D eigenvalue weighted by molar-refractivity contribution is -0.461. The first kappa shape index (κ1) is 88.9. The van der Waals surface area contributed by atoms with Gasteiger partial charge >= 0.3 is 29.8 Å². The van der Waals surface area contributed by atoms with Crippen molar-refractivity contribution in [2.45, 2.75) is 252 Å². The number of carboxylic acid groups (broad SMARTS) is 1. The van der Waals surface area contributed by atoms with E-state index in [-0.39, 0.29) is 18.4 Å². The highest BCUT2D eigenvalue weighted by atomic mass is 32.2. The van der Waals surface area contributed by atoms with Crippen LogP contribution in [0.5, 0.6) is 0 Å². The number of carbonyl (C=O) groups excluding carboxylic acids is 7. The van der Waals surface area contributed by atoms with Gasteiger partial charge in [0.1, 0.15) is 118 Å². The fourth-order valence-corrected chi connectivity index (χ4v) is 13.1. The number of thioether (sulfide) groups is 1. The van der Waals surface area contributed by atoms with Crippen LogP contribution in [0.2, 0.25) is 0 Å². The Bertz CT molecular complexity index is 3030. The Morgan fingerprint density at radius 1 is 0.551 bits per heavy atom. The number of nitrogens with one attached hydrogen (secondary N) is 3. The molecule has 0 aromatic heterocycles. The molecule has 0 radical (unpaired) electrons. The minimum atomic E-state index is -2.35. The van der Waals surface area contributed by atoms with Crippen LogP contribution in [-0.2, 0) is 129 Å². The first-order valence-electron chi connectivity index (χ1n) is 34.1. The van der Waals surface area contributed by atoms with Crippen LogP contribution in [0.4, 0.5) is 0 Å². The Hall–Kier alpha value is -5.32. The van der Waals surface area contributed by atoms with Crippen LogP contribution in [-0.4, -0.2) is 335 Å². The molecule has 7 rings (SSSR count). The summed E-state index contributed by atoms with van der Waals surface area (Å²) in [4.78, 5) is 137. The monoisotopic (exact) mass is 1580 g/mol. The summed E-state index contributed by atoms with van der Waals surface area (Å²) in [5, 5.41) is 128. The van der Waals surface area contributed by atoms with E-state index in [1.165, 1.54) is 32.7 Å². The minimum Gasteiger partial charge on any atom is -0.479 e. The molecule has 3 amide bonds. The number of esters is 4. The average Bonchev–Trinajstić information content (AvgIpc) is 0.788. The van der Waals surface area contributed by atoms with Crippen LogP contribution in [0.25, 0.3) is 0 Å². The van der Waals surface area contributed by atoms with E-state index >= 15 is 0 Å². The summed E-state index contributed by atoms with van der Waals surface area (Å²) in [5.41, 5.74) is -0.0447. The first-order chi connectivity index (χ1) is 50.7. The third-order valence-electron chi connectivity index (χ3n) is 17.5. The molecule has 107 heavy (non-hydrogen) atoms. The molecular formula is C64H97N3O38S2. The maximum Gasteiger partial charge on any atom is 0.338 e. The van der Waals surface area contributed by atoms with Gasteiger partial charge in [-0.15, -0.1) is 24.4 Å². The number of thiol groups is 1. The van der Waals surface area contributed by atoms with Crippen LogP contribution < -0.4 is 16.0 Å². The second-order valence-electron chi connectivity index (χ2n) is 26.2. The summed E-state index contributed by atoms with van der Waals surface area (Å²) >= 11 is 5.85. The number of carboxylic acids is 1. The molecule has 6 aliphatic heterocycles. The average molecular weight is 1580 g/mol. The zero-order valence-corrected chi connectivity index (χ0v) is 61.0. The van der Waals surface area contributed by atoms with E-state index in [0.29, 0.717) is 5.75 Å². The van der Waals surface area contributed by atoms with Crippen LogP contribution in [0.15, 0.2) is 34.1 Å². The van der Waals surface area contributed by atoms with Crippen molar-refractivity contribution < 1.29 is 185 Å². The van der Waals surface area contributed by atoms with Gasteiger partial charge < -0.3 is 134 Å². The van der Waals surface area contributed by atoms with Gasteiger partial charge in [0.15, 0.2) is 37.2 Å². The molecule has 6 saturated heterocycles. The largest absolute Gasteiger partial charge is 0.479 e. The Morgan fingerprint density at radius 3 is 1.43 bits per heavy atom. The van der Waals surface area contributed by atoms with Crippen molar-refractivity contribution in [1.29, 1.82) is 0 Å². The fourth-order valence-electron chi connectivity index (χ4n) is 11.9. The third kappa shape index (κ3) is 25.3. The maximum absolute atomic E-state index is 14.2. The van der Waals surface area contributed by atoms with Crippen molar-refractivity contribution in [2.24, 2.45) is 5.92 Å². The molecule has 6 heterocycles. The van der Waals surface area contributed by atoms with Crippen molar-refractivity contribution in [3.05, 3.63) is 34.1 Å². The molecule has 608 valence electrons. The molecule has 0 aromatic carbocycles. The number of hydrogen-bond donors (Lipinski definition) is 15. The summed E-state index contributed by atoms with van der Waals surface area (Å²) in [6.45, 7) is 5.73. The van der Waals surface area contributed by atoms with Gasteiger partial charge in [-0.25, -0.2) is 48.5 Å². The lowest BCUT2D eigenvalue weighted by Gasteiger charge is -2.46. The van der Waals surface area contributed by atoms with E-state index in [2.05, 4.69) is 35.2 Å². The second-order valence-corrected chi connectivity index (χ2v) is 28.0. The van der Waals surface area contributed by atoms with Gasteiger partial charge in [0, 0.05) is 57.8 Å². The molecule has 14 N–H and O–H groups in total. The predicted octanol–water partition coefficient (Wildman–Crippen LogP) is -5.59. The topological polar surface area (TPSA) is 571 Å². The van der Waals surface area contributed by atoms with E-state index in [4.69, 9.17) is 90.9 Å². The maximum atomic E-state index is 14.2. The summed E-state index contributed by atoms with van der Waals surface area (Å²) < 4.78 is 74.1. The molecule has 0 bridgehead atoms. The van der Waals surface area contributed by atoms with Gasteiger partial charge in [-0.2, -0.15) is 0 Å². The smallest absolute Gasteiger partial charge is 0.338 e. The lowest BCUT2D eigenvalue weighted by Crippen LogP contribution is -2.65. The number of carbonyl (C=O) groups is 8. The molecule has 0 aromatic rings. The predicted molar refractivity (Wildman–Crippen MR) is 353 cm³/mol. The zero-order valence-electron chi connectivity index (χ0n) is 59.3. The van der Waals surface area contributed by atoms with Gasteiger partial charge in [0.05, 0.1) is 63.2 Å². The Morgan fingerprint density at radius 2 is 0.991 bits per heavy atom. The Labute approximate surface area is 622 Å². The van der Waals surface area contributed by atoms with Gasteiger partial charge in [-0.3, -0.25) is 19.2 Å². The van der Waals surface area contributed by atoms with Gasteiger partial charge in [0.25, 0.3) is 0 Å². The Balaban J connectivity index is 1.02. The summed E-state index contributed by atoms with van der Waals surface area (Å²) in [6.07, 6.45) is -40.0. The molecule has 29 atom stereocenters. The van der Waals surface area contributed by atoms with Crippen molar-refractivity contribution in [1.82, 2.24) is 16.0 Å². The van der Waals surface area contributed by atoms with E-state index in [1.54, 1.807) is 6.92 Å². The number of ether oxygens (including phenoxy) is 13. The summed E-state index contributed by atoms with van der Waals surface area (Å²) in [6, 6.07) is -3.87. The molecule has 7 aliphatic rings. The normalized spacial score (nSPS) is 36.2. The number of rotatable bonds is 36. The number of aliphatic hydroxyl groups is 10. The van der Waals surface area contributed by atoms with Crippen LogP contribution in [0.3, 0.4) is 0 Å². The van der Waals surface area contributed by atoms with Gasteiger partial charge in [0.2, 0.25) is 30.3 Å². The molecular weight excluding hydrogens is 1480 g/mol. The number of aliphatic carboxylic acids is 1. The van der Waals surface area contributed by atoms with Crippen LogP contribution >= 0.6 is 24.4 Å². The van der Waals surface area contributed by atoms with Gasteiger partial charge in [-0.05, 0) is 36.5 Å². The fraction of sp³-hybridized carbons (Fsp3) is 0.781. The highest BCUT2D eigenvalue weighted by molar-refractivity contribution is 8.03. The second kappa shape index (κ2) is 42.4. The molecule has 0 saturated carbocycles.